The van der Waals surface area contributed by atoms with E-state index >= 15 is 0 Å². The van der Waals surface area contributed by atoms with Crippen LogP contribution < -0.4 is 5.01 Å². The SMILES string of the molecule is CC(C)(C)COC(=O)C1(C(=O)OCC(C)(C)C)C[C@H](c2ccc([N+](=O)[O-])cc2)N(c2ccccc2C(F)(F)F)N2C=Cc3ccccc3[C@@H]21. The number of hydrogen-bond donors (Lipinski definition) is 0. The van der Waals surface area contributed by atoms with Gasteiger partial charge in [0.25, 0.3) is 5.69 Å². The first-order chi connectivity index (χ1) is 22.8. The second-order valence-corrected chi connectivity index (χ2v) is 14.9. The molecule has 5 rings (SSSR count). The van der Waals surface area contributed by atoms with Gasteiger partial charge in [-0.2, -0.15) is 13.2 Å². The van der Waals surface area contributed by atoms with E-state index in [0.29, 0.717) is 16.7 Å². The highest BCUT2D eigenvalue weighted by atomic mass is 19.4. The number of ether oxygens (including phenoxy) is 2. The molecule has 0 radical (unpaired) electrons. The molecular formula is C37H40F3N3O6. The van der Waals surface area contributed by atoms with Crippen LogP contribution in [0.2, 0.25) is 0 Å². The number of hydrazine groups is 1. The molecule has 9 nitrogen and oxygen atoms in total. The molecule has 260 valence electrons. The number of alkyl halides is 3. The van der Waals surface area contributed by atoms with Gasteiger partial charge in [-0.15, -0.1) is 0 Å². The number of esters is 2. The van der Waals surface area contributed by atoms with Crippen molar-refractivity contribution in [3.8, 4) is 0 Å². The first kappa shape index (κ1) is 35.4. The van der Waals surface area contributed by atoms with Crippen molar-refractivity contribution in [1.29, 1.82) is 0 Å². The number of benzene rings is 3. The smallest absolute Gasteiger partial charge is 0.418 e. The second-order valence-electron chi connectivity index (χ2n) is 14.9. The van der Waals surface area contributed by atoms with Crippen molar-refractivity contribution in [2.24, 2.45) is 16.2 Å². The number of nitro groups is 1. The molecule has 12 heteroatoms. The van der Waals surface area contributed by atoms with Crippen LogP contribution in [0.25, 0.3) is 6.08 Å². The number of para-hydroxylation sites is 1. The lowest BCUT2D eigenvalue weighted by Gasteiger charge is -2.57. The van der Waals surface area contributed by atoms with Gasteiger partial charge in [0, 0.05) is 24.8 Å². The number of halogens is 3. The van der Waals surface area contributed by atoms with Gasteiger partial charge in [-0.1, -0.05) is 90.1 Å². The van der Waals surface area contributed by atoms with Gasteiger partial charge < -0.3 is 9.47 Å². The summed E-state index contributed by atoms with van der Waals surface area (Å²) in [6.45, 7) is 11.1. The van der Waals surface area contributed by atoms with Crippen molar-refractivity contribution >= 4 is 29.4 Å². The Morgan fingerprint density at radius 1 is 0.857 bits per heavy atom. The summed E-state index contributed by atoms with van der Waals surface area (Å²) in [5, 5.41) is 14.5. The Morgan fingerprint density at radius 2 is 1.41 bits per heavy atom. The van der Waals surface area contributed by atoms with Crippen molar-refractivity contribution in [2.45, 2.75) is 66.2 Å². The average molecular weight is 680 g/mol. The van der Waals surface area contributed by atoms with Crippen LogP contribution in [0.5, 0.6) is 0 Å². The standard InChI is InChI=1S/C37H40F3N3O6/c1-34(2,3)22-48-32(44)36(33(45)49-23-35(4,5)6)21-30(25-15-17-26(18-16-25)43(46)47)42(29-14-10-9-13-28(29)37(38,39)40)41-20-19-24-11-7-8-12-27(24)31(36)41/h7-20,30-31H,21-23H2,1-6H3/t30-,31-/m1/s1. The molecule has 3 aromatic carbocycles. The molecule has 0 bridgehead atoms. The Morgan fingerprint density at radius 3 is 1.96 bits per heavy atom. The third-order valence-electron chi connectivity index (χ3n) is 8.43. The first-order valence-electron chi connectivity index (χ1n) is 15.9. The van der Waals surface area contributed by atoms with Gasteiger partial charge >= 0.3 is 18.1 Å². The van der Waals surface area contributed by atoms with Crippen LogP contribution in [0, 0.1) is 26.4 Å². The Bertz CT molecular complexity index is 1730. The van der Waals surface area contributed by atoms with Crippen molar-refractivity contribution < 1.29 is 37.2 Å². The fraction of sp³-hybridized carbons (Fsp3) is 0.405. The van der Waals surface area contributed by atoms with E-state index in [0.717, 1.165) is 6.07 Å². The van der Waals surface area contributed by atoms with Crippen LogP contribution >= 0.6 is 0 Å². The van der Waals surface area contributed by atoms with Gasteiger partial charge in [0.2, 0.25) is 0 Å². The largest absolute Gasteiger partial charge is 0.464 e. The molecule has 3 aromatic rings. The minimum absolute atomic E-state index is 0.0485. The topological polar surface area (TPSA) is 102 Å². The Hall–Kier alpha value is -4.87. The molecule has 0 unspecified atom stereocenters. The molecule has 2 aliphatic heterocycles. The van der Waals surface area contributed by atoms with E-state index in [-0.39, 0.29) is 31.0 Å². The lowest BCUT2D eigenvalue weighted by atomic mass is 9.67. The molecule has 2 atom stereocenters. The van der Waals surface area contributed by atoms with E-state index in [4.69, 9.17) is 9.47 Å². The number of fused-ring (bicyclic) bond motifs is 3. The van der Waals surface area contributed by atoms with Crippen LogP contribution in [0.4, 0.5) is 24.5 Å². The van der Waals surface area contributed by atoms with E-state index in [1.54, 1.807) is 36.5 Å². The van der Waals surface area contributed by atoms with Crippen LogP contribution in [-0.2, 0) is 25.2 Å². The Balaban J connectivity index is 1.83. The summed E-state index contributed by atoms with van der Waals surface area (Å²) in [5.41, 5.74) is -2.94. The normalized spacial score (nSPS) is 18.7. The van der Waals surface area contributed by atoms with Gasteiger partial charge in [-0.3, -0.25) is 29.7 Å². The molecular weight excluding hydrogens is 639 g/mol. The van der Waals surface area contributed by atoms with E-state index in [9.17, 15) is 32.9 Å². The average Bonchev–Trinajstić information content (AvgIpc) is 3.04. The summed E-state index contributed by atoms with van der Waals surface area (Å²) in [5.74, 6) is -1.76. The zero-order valence-corrected chi connectivity index (χ0v) is 28.3. The Kier molecular flexibility index (Phi) is 9.31. The molecule has 0 saturated carbocycles. The lowest BCUT2D eigenvalue weighted by Crippen LogP contribution is -2.63. The van der Waals surface area contributed by atoms with E-state index < -0.39 is 56.9 Å². The zero-order chi connectivity index (χ0) is 35.9. The number of hydrogen-bond acceptors (Lipinski definition) is 8. The third-order valence-corrected chi connectivity index (χ3v) is 8.43. The van der Waals surface area contributed by atoms with Crippen LogP contribution in [0.1, 0.15) is 82.3 Å². The fourth-order valence-corrected chi connectivity index (χ4v) is 6.23. The lowest BCUT2D eigenvalue weighted by molar-refractivity contribution is -0.384. The number of nitro benzene ring substituents is 1. The molecule has 2 heterocycles. The second kappa shape index (κ2) is 12.9. The summed E-state index contributed by atoms with van der Waals surface area (Å²) in [4.78, 5) is 40.4. The van der Waals surface area contributed by atoms with Gasteiger partial charge in [-0.05, 0) is 45.7 Å². The van der Waals surface area contributed by atoms with Gasteiger partial charge in [0.15, 0.2) is 5.41 Å². The van der Waals surface area contributed by atoms with Crippen molar-refractivity contribution in [3.63, 3.8) is 0 Å². The fourth-order valence-electron chi connectivity index (χ4n) is 6.23. The highest BCUT2D eigenvalue weighted by molar-refractivity contribution is 6.02. The minimum atomic E-state index is -4.77. The number of carbonyl (C=O) groups is 2. The van der Waals surface area contributed by atoms with Gasteiger partial charge in [-0.25, -0.2) is 0 Å². The summed E-state index contributed by atoms with van der Waals surface area (Å²) in [6.07, 6.45) is -1.87. The molecule has 49 heavy (non-hydrogen) atoms. The highest BCUT2D eigenvalue weighted by Gasteiger charge is 2.64. The molecule has 0 aliphatic carbocycles. The summed E-state index contributed by atoms with van der Waals surface area (Å²) < 4.78 is 55.9. The third kappa shape index (κ3) is 7.13. The molecule has 1 fully saturated rings. The summed E-state index contributed by atoms with van der Waals surface area (Å²) >= 11 is 0. The number of non-ortho nitro benzene ring substituents is 1. The van der Waals surface area contributed by atoms with Crippen LogP contribution in [-0.4, -0.2) is 35.1 Å². The number of rotatable bonds is 7. The predicted octanol–water partition coefficient (Wildman–Crippen LogP) is 8.67. The minimum Gasteiger partial charge on any atom is -0.464 e. The summed E-state index contributed by atoms with van der Waals surface area (Å²) in [6, 6.07) is 15.1. The molecule has 1 saturated heterocycles. The van der Waals surface area contributed by atoms with Gasteiger partial charge in [0.05, 0.1) is 35.4 Å². The summed E-state index contributed by atoms with van der Waals surface area (Å²) in [7, 11) is 0. The maximum absolute atomic E-state index is 14.7. The van der Waals surface area contributed by atoms with E-state index in [1.807, 2.05) is 41.5 Å². The number of anilines is 1. The monoisotopic (exact) mass is 679 g/mol. The zero-order valence-electron chi connectivity index (χ0n) is 28.3. The molecule has 0 amide bonds. The van der Waals surface area contributed by atoms with Gasteiger partial charge in [0.1, 0.15) is 6.04 Å². The van der Waals surface area contributed by atoms with Crippen molar-refractivity contribution in [2.75, 3.05) is 18.2 Å². The van der Waals surface area contributed by atoms with E-state index in [1.165, 1.54) is 52.5 Å². The maximum Gasteiger partial charge on any atom is 0.418 e. The molecule has 0 aromatic heterocycles. The first-order valence-corrected chi connectivity index (χ1v) is 15.9. The quantitative estimate of drug-likeness (QED) is 0.106. The molecule has 0 N–H and O–H groups in total. The number of nitrogens with zero attached hydrogens (tertiary/aromatic N) is 3. The van der Waals surface area contributed by atoms with Crippen molar-refractivity contribution in [1.82, 2.24) is 5.01 Å². The highest BCUT2D eigenvalue weighted by Crippen LogP contribution is 2.58. The predicted molar refractivity (Wildman–Crippen MR) is 178 cm³/mol. The van der Waals surface area contributed by atoms with Crippen LogP contribution in [0.3, 0.4) is 0 Å². The molecule has 0 spiro atoms. The van der Waals surface area contributed by atoms with E-state index in [2.05, 4.69) is 0 Å². The number of carbonyl (C=O) groups excluding carboxylic acids is 2. The van der Waals surface area contributed by atoms with Crippen LogP contribution in [0.15, 0.2) is 79.0 Å². The van der Waals surface area contributed by atoms with Crippen molar-refractivity contribution in [3.05, 3.63) is 111 Å². The molecule has 2 aliphatic rings. The Labute approximate surface area is 283 Å². The maximum atomic E-state index is 14.7.